The fraction of sp³-hybridized carbons (Fsp3) is 0.238. The molecular formula is C21H17N6NaO6S2. The van der Waals surface area contributed by atoms with Crippen LogP contribution in [0.5, 0.6) is 0 Å². The Bertz CT molecular complexity index is 1290. The van der Waals surface area contributed by atoms with Gasteiger partial charge < -0.3 is 30.5 Å². The number of rotatable bonds is 8. The van der Waals surface area contributed by atoms with Crippen molar-refractivity contribution < 1.29 is 58.6 Å². The van der Waals surface area contributed by atoms with Gasteiger partial charge in [-0.3, -0.25) is 14.5 Å². The van der Waals surface area contributed by atoms with Crippen LogP contribution in [0.25, 0.3) is 0 Å². The fourth-order valence-electron chi connectivity index (χ4n) is 3.44. The number of nitrogens with two attached hydrogens (primary N) is 1. The number of benzene rings is 1. The molecule has 1 aromatic heterocycles. The van der Waals surface area contributed by atoms with Gasteiger partial charge in [-0.1, -0.05) is 17.3 Å². The van der Waals surface area contributed by atoms with E-state index in [4.69, 9.17) is 20.6 Å². The molecule has 2 aromatic rings. The van der Waals surface area contributed by atoms with E-state index in [1.165, 1.54) is 24.3 Å². The van der Waals surface area contributed by atoms with Crippen LogP contribution in [0.1, 0.15) is 16.8 Å². The number of hydrogen-bond acceptors (Lipinski definition) is 12. The molecule has 1 saturated heterocycles. The maximum Gasteiger partial charge on any atom is 1.00 e. The summed E-state index contributed by atoms with van der Waals surface area (Å²) in [6, 6.07) is 7.62. The number of carboxylic acids is 1. The van der Waals surface area contributed by atoms with Crippen molar-refractivity contribution in [2.75, 3.05) is 18.6 Å². The summed E-state index contributed by atoms with van der Waals surface area (Å²) in [5, 5.41) is 28.1. The zero-order valence-electron chi connectivity index (χ0n) is 19.1. The fourth-order valence-corrected chi connectivity index (χ4v) is 5.26. The Kier molecular flexibility index (Phi) is 8.98. The molecule has 3 N–H and O–H groups in total. The predicted molar refractivity (Wildman–Crippen MR) is 123 cm³/mol. The SMILES string of the molecule is CO/N=C(/C(=O)N[C@@H]1C(=O)N2C(C(=O)[O-])=C(OCc3ccc(C#N)cc3)CS[C@H]12)c1csc(N)n1.[Na+]. The number of anilines is 1. The third kappa shape index (κ3) is 5.50. The summed E-state index contributed by atoms with van der Waals surface area (Å²) in [6.45, 7) is 0.0405. The number of oxime groups is 1. The number of nitrogens with one attached hydrogen (secondary N) is 1. The molecule has 15 heteroatoms. The predicted octanol–water partition coefficient (Wildman–Crippen LogP) is -3.47. The minimum absolute atomic E-state index is 0. The van der Waals surface area contributed by atoms with E-state index in [0.29, 0.717) is 11.1 Å². The van der Waals surface area contributed by atoms with E-state index in [-0.39, 0.29) is 69.9 Å². The number of nitrogens with zero attached hydrogens (tertiary/aromatic N) is 4. The third-order valence-corrected chi connectivity index (χ3v) is 7.00. The smallest absolute Gasteiger partial charge is 0.543 e. The Morgan fingerprint density at radius 1 is 1.39 bits per heavy atom. The Labute approximate surface area is 235 Å². The van der Waals surface area contributed by atoms with Gasteiger partial charge in [-0.25, -0.2) is 4.98 Å². The van der Waals surface area contributed by atoms with E-state index in [9.17, 15) is 19.5 Å². The molecule has 12 nitrogen and oxygen atoms in total. The molecule has 0 spiro atoms. The second kappa shape index (κ2) is 11.8. The first-order valence-corrected chi connectivity index (χ1v) is 11.9. The van der Waals surface area contributed by atoms with E-state index in [1.807, 2.05) is 6.07 Å². The molecule has 2 aliphatic rings. The summed E-state index contributed by atoms with van der Waals surface area (Å²) in [5.74, 6) is -2.71. The number of carbonyl (C=O) groups excluding carboxylic acids is 3. The van der Waals surface area contributed by atoms with E-state index in [2.05, 4.69) is 15.5 Å². The van der Waals surface area contributed by atoms with Crippen LogP contribution in [0, 0.1) is 11.3 Å². The zero-order chi connectivity index (χ0) is 25.1. The second-order valence-electron chi connectivity index (χ2n) is 7.21. The number of nitriles is 1. The van der Waals surface area contributed by atoms with Crippen molar-refractivity contribution in [3.63, 3.8) is 0 Å². The number of ether oxygens (including phenoxy) is 1. The van der Waals surface area contributed by atoms with Crippen LogP contribution in [0.4, 0.5) is 5.13 Å². The average molecular weight is 537 g/mol. The normalized spacial score (nSPS) is 18.8. The minimum atomic E-state index is -1.57. The van der Waals surface area contributed by atoms with Crippen molar-refractivity contribution in [1.82, 2.24) is 15.2 Å². The van der Waals surface area contributed by atoms with Crippen LogP contribution < -0.4 is 45.7 Å². The molecule has 0 bridgehead atoms. The van der Waals surface area contributed by atoms with Gasteiger partial charge in [0.2, 0.25) is 0 Å². The topological polar surface area (TPSA) is 183 Å². The molecule has 1 fully saturated rings. The number of amides is 2. The maximum atomic E-state index is 12.8. The van der Waals surface area contributed by atoms with Crippen LogP contribution in [-0.2, 0) is 30.6 Å². The monoisotopic (exact) mass is 536 g/mol. The van der Waals surface area contributed by atoms with E-state index >= 15 is 0 Å². The molecule has 180 valence electrons. The first-order valence-electron chi connectivity index (χ1n) is 9.98. The zero-order valence-corrected chi connectivity index (χ0v) is 22.7. The summed E-state index contributed by atoms with van der Waals surface area (Å²) in [7, 11) is 1.26. The number of aliphatic carboxylic acids is 1. The van der Waals surface area contributed by atoms with Gasteiger partial charge in [0.15, 0.2) is 10.8 Å². The quantitative estimate of drug-likeness (QED) is 0.149. The van der Waals surface area contributed by atoms with Gasteiger partial charge in [-0.05, 0) is 17.7 Å². The number of β-lactam (4-membered cyclic amide) rings is 1. The number of aromatic nitrogens is 1. The van der Waals surface area contributed by atoms with Crippen LogP contribution in [0.3, 0.4) is 0 Å². The standard InChI is InChI=1S/C21H18N6O6S2.Na/c1-32-26-14(12-8-35-21(23)24-12)17(28)25-15-18(29)27-16(20(30)31)13(9-34-19(15)27)33-7-11-4-2-10(6-22)3-5-11;/h2-5,8,15,19H,7,9H2,1H3,(H2,23,24)(H,25,28)(H,30,31);/q;+1/p-1/b26-14+;/t15-,19-;/m1./s1. The number of fused-ring (bicyclic) bond motifs is 1. The number of carboxylic acid groups (broad SMARTS) is 1. The molecular weight excluding hydrogens is 519 g/mol. The Hall–Kier alpha value is -3.09. The van der Waals surface area contributed by atoms with Crippen molar-refractivity contribution in [2.24, 2.45) is 5.16 Å². The number of thioether (sulfide) groups is 1. The number of thiazole rings is 1. The van der Waals surface area contributed by atoms with Gasteiger partial charge in [-0.15, -0.1) is 23.1 Å². The second-order valence-corrected chi connectivity index (χ2v) is 9.21. The number of nitrogen functional groups attached to an aromatic ring is 1. The van der Waals surface area contributed by atoms with Crippen molar-refractivity contribution in [2.45, 2.75) is 18.0 Å². The van der Waals surface area contributed by atoms with Gasteiger partial charge in [0.1, 0.15) is 42.3 Å². The first kappa shape index (κ1) is 27.5. The van der Waals surface area contributed by atoms with Gasteiger partial charge in [0.05, 0.1) is 23.4 Å². The molecule has 4 rings (SSSR count). The van der Waals surface area contributed by atoms with Gasteiger partial charge in [0.25, 0.3) is 11.8 Å². The molecule has 36 heavy (non-hydrogen) atoms. The van der Waals surface area contributed by atoms with Crippen molar-refractivity contribution in [3.8, 4) is 6.07 Å². The molecule has 2 aliphatic heterocycles. The van der Waals surface area contributed by atoms with Crippen LogP contribution in [0.15, 0.2) is 46.3 Å². The Morgan fingerprint density at radius 2 is 2.11 bits per heavy atom. The van der Waals surface area contributed by atoms with Crippen molar-refractivity contribution >= 4 is 51.7 Å². The largest absolute Gasteiger partial charge is 1.00 e. The molecule has 0 unspecified atom stereocenters. The summed E-state index contributed by atoms with van der Waals surface area (Å²) < 4.78 is 5.68. The molecule has 0 aliphatic carbocycles. The van der Waals surface area contributed by atoms with E-state index < -0.39 is 29.2 Å². The number of hydrogen-bond donors (Lipinski definition) is 2. The number of carbonyl (C=O) groups is 3. The van der Waals surface area contributed by atoms with Crippen LogP contribution >= 0.6 is 23.1 Å². The summed E-state index contributed by atoms with van der Waals surface area (Å²) in [5.41, 5.74) is 6.45. The van der Waals surface area contributed by atoms with Gasteiger partial charge in [0, 0.05) is 5.38 Å². The maximum absolute atomic E-state index is 12.8. The summed E-state index contributed by atoms with van der Waals surface area (Å²) in [4.78, 5) is 47.3. The average Bonchev–Trinajstić information content (AvgIpc) is 3.29. The Morgan fingerprint density at radius 3 is 2.69 bits per heavy atom. The molecule has 2 atom stereocenters. The first-order chi connectivity index (χ1) is 16.8. The van der Waals surface area contributed by atoms with Crippen LogP contribution in [-0.4, -0.2) is 57.7 Å². The third-order valence-electron chi connectivity index (χ3n) is 5.07. The molecule has 0 radical (unpaired) electrons. The van der Waals surface area contributed by atoms with Gasteiger partial charge in [-0.2, -0.15) is 5.26 Å². The molecule has 1 aromatic carbocycles. The van der Waals surface area contributed by atoms with Crippen LogP contribution in [0.2, 0.25) is 0 Å². The van der Waals surface area contributed by atoms with Crippen molar-refractivity contribution in [1.29, 1.82) is 5.26 Å². The molecule has 0 saturated carbocycles. The van der Waals surface area contributed by atoms with E-state index in [1.54, 1.807) is 24.3 Å². The van der Waals surface area contributed by atoms with Gasteiger partial charge >= 0.3 is 29.6 Å². The minimum Gasteiger partial charge on any atom is -0.543 e. The molecule has 2 amide bonds. The van der Waals surface area contributed by atoms with E-state index in [0.717, 1.165) is 16.2 Å². The molecule has 3 heterocycles. The Balaban J connectivity index is 0.00000361. The van der Waals surface area contributed by atoms with Crippen molar-refractivity contribution in [3.05, 3.63) is 57.9 Å². The summed E-state index contributed by atoms with van der Waals surface area (Å²) in [6.07, 6.45) is 0. The summed E-state index contributed by atoms with van der Waals surface area (Å²) >= 11 is 2.34.